The molecular weight excluding hydrogens is 1480 g/mol. The molecule has 10 atom stereocenters. The molecule has 3 saturated heterocycles. The number of carbonyl (C=O) groups excluding carboxylic acids is 5. The van der Waals surface area contributed by atoms with Crippen LogP contribution in [-0.4, -0.2) is 140 Å². The number of aliphatic hydroxyl groups excluding tert-OH is 3. The first-order valence-electron chi connectivity index (χ1n) is 37.1. The first-order chi connectivity index (χ1) is 53.4. The average molecular weight is 1570 g/mol. The van der Waals surface area contributed by atoms with Crippen molar-refractivity contribution in [1.82, 2.24) is 24.6 Å². The van der Waals surface area contributed by atoms with Gasteiger partial charge in [0.25, 0.3) is 0 Å². The first kappa shape index (κ1) is 85.8. The summed E-state index contributed by atoms with van der Waals surface area (Å²) in [7, 11) is -3.06. The number of β-amino-alcohol motifs (C(OH)–C–C–N with tert-alkyl or cyclic N) is 3. The van der Waals surface area contributed by atoms with Crippen LogP contribution in [0.25, 0.3) is 0 Å². The minimum Gasteiger partial charge on any atom is -0.480 e. The monoisotopic (exact) mass is 1570 g/mol. The minimum atomic E-state index is -1.57. The molecule has 7 aromatic carbocycles. The van der Waals surface area contributed by atoms with Crippen molar-refractivity contribution in [1.29, 1.82) is 10.5 Å². The number of ether oxygens (including phenoxy) is 2. The third-order valence-electron chi connectivity index (χ3n) is 19.7. The van der Waals surface area contributed by atoms with E-state index in [1.807, 2.05) is 108 Å². The maximum atomic E-state index is 15.5. The van der Waals surface area contributed by atoms with E-state index < -0.39 is 121 Å². The van der Waals surface area contributed by atoms with Gasteiger partial charge in [0, 0.05) is 20.8 Å². The van der Waals surface area contributed by atoms with Gasteiger partial charge in [0.2, 0.25) is 17.9 Å². The zero-order valence-corrected chi connectivity index (χ0v) is 65.0. The molecule has 0 radical (unpaired) electrons. The molecule has 9 N–H and O–H groups in total. The lowest BCUT2D eigenvalue weighted by Gasteiger charge is -2.38. The number of aliphatic carboxylic acids is 1. The molecule has 0 bridgehead atoms. The Bertz CT molecular complexity index is 4620. The van der Waals surface area contributed by atoms with Crippen LogP contribution < -0.4 is 25.4 Å². The second kappa shape index (κ2) is 39.3. The van der Waals surface area contributed by atoms with E-state index in [0.717, 1.165) is 65.0 Å². The Morgan fingerprint density at radius 1 is 0.554 bits per heavy atom. The Hall–Kier alpha value is -10.2. The highest BCUT2D eigenvalue weighted by atomic mass is 32.2. The smallest absolute Gasteiger partial charge is 0.410 e. The molecule has 12 rings (SSSR count). The van der Waals surface area contributed by atoms with E-state index in [2.05, 4.69) is 42.5 Å². The lowest BCUT2D eigenvalue weighted by atomic mass is 9.79. The third-order valence-corrected chi connectivity index (χ3v) is 23.0. The van der Waals surface area contributed by atoms with Gasteiger partial charge in [0.1, 0.15) is 36.9 Å². The van der Waals surface area contributed by atoms with Gasteiger partial charge in [-0.1, -0.05) is 141 Å². The standard InChI is InChI=1S/C36H41FN4O5S.C28H35FN4O3S.C13H15NO5.C7H5NO.H2/c1-35(2,3)47(45)40-36(17-16-24-12-13-24,27-11-7-10-26(18-27)21-38)28-14-15-30(37)31(19-28)39-33(43)32-20-29(42)22-41(32)34(44)46-23-25-8-5-4-6-9-25;1-27(2,3)37(36)33-28(12-11-18-7-8-18,20-6-4-5-19(13-20)16-30)21-9-10-23(29)24(14-21)32-26(35)25-15-22(34)17-31-25;15-10-6-11(12(16)17)14(7-10)13(18)19-8-9-4-2-1-3-5-9;9-6-8-7-4-2-1-3-5-7;/h4-11,14-15,18-19,24,29,32,40,42H,12-13,16-17,20,22-23H2,1-3H3,(H,39,43);4-6,9-10,13-14,18,22,25,31,33-34H,7-8,11-12,15,17H2,1-3H3,(H,32,35);1-5,10-11,15H,6-8H2,(H,16,17);1-5H;1H/t29-,32-,36?,47-;22-,25-,28?,37-;10-,11-;;/m111../s1. The number of aliphatic hydroxyl groups is 3. The molecule has 0 aromatic heterocycles. The summed E-state index contributed by atoms with van der Waals surface area (Å²) < 4.78 is 73.7. The van der Waals surface area contributed by atoms with E-state index in [4.69, 9.17) is 14.6 Å². The van der Waals surface area contributed by atoms with Crippen LogP contribution in [0.5, 0.6) is 0 Å². The number of isocyanates is 1. The molecule has 24 nitrogen and oxygen atoms in total. The van der Waals surface area contributed by atoms with Gasteiger partial charge in [-0.15, -0.1) is 0 Å². The Morgan fingerprint density at radius 3 is 1.36 bits per heavy atom. The van der Waals surface area contributed by atoms with E-state index in [1.165, 1.54) is 24.3 Å². The zero-order valence-electron chi connectivity index (χ0n) is 63.4. The number of benzene rings is 7. The average Bonchev–Trinajstić information content (AvgIpc) is 1.38. The van der Waals surface area contributed by atoms with E-state index in [-0.39, 0.29) is 58.4 Å². The summed E-state index contributed by atoms with van der Waals surface area (Å²) in [5.74, 6) is -2.42. The van der Waals surface area contributed by atoms with E-state index in [9.17, 15) is 67.4 Å². The van der Waals surface area contributed by atoms with Crippen molar-refractivity contribution >= 4 is 75.1 Å². The molecule has 4 amide bonds. The number of hydrogen-bond acceptors (Lipinski definition) is 17. The zero-order chi connectivity index (χ0) is 80.9. The lowest BCUT2D eigenvalue weighted by molar-refractivity contribution is -0.141. The van der Waals surface area contributed by atoms with Gasteiger partial charge in [-0.05, 0) is 180 Å². The van der Waals surface area contributed by atoms with Crippen LogP contribution in [0.4, 0.5) is 35.4 Å². The highest BCUT2D eigenvalue weighted by molar-refractivity contribution is 7.84. The summed E-state index contributed by atoms with van der Waals surface area (Å²) in [6.07, 6.45) is 5.11. The van der Waals surface area contributed by atoms with Gasteiger partial charge in [-0.2, -0.15) is 15.5 Å². The molecule has 2 unspecified atom stereocenters. The Labute approximate surface area is 657 Å². The number of hydrogen-bond donors (Lipinski definition) is 9. The summed E-state index contributed by atoms with van der Waals surface area (Å²) in [5.41, 5.74) is 3.63. The van der Waals surface area contributed by atoms with Crippen LogP contribution >= 0.6 is 0 Å². The van der Waals surface area contributed by atoms with Crippen molar-refractivity contribution in [2.75, 3.05) is 30.3 Å². The predicted octanol–water partition coefficient (Wildman–Crippen LogP) is 12.5. The highest BCUT2D eigenvalue weighted by Crippen LogP contribution is 2.45. The van der Waals surface area contributed by atoms with E-state index in [0.29, 0.717) is 64.7 Å². The second-order valence-electron chi connectivity index (χ2n) is 30.4. The number of para-hydroxylation sites is 1. The molecule has 0 spiro atoms. The molecule has 28 heteroatoms. The molecule has 2 saturated carbocycles. The fraction of sp³-hybridized carbons (Fsp3) is 0.405. The number of carboxylic acids is 1. The Morgan fingerprint density at radius 2 is 0.964 bits per heavy atom. The van der Waals surface area contributed by atoms with E-state index in [1.54, 1.807) is 91.0 Å². The van der Waals surface area contributed by atoms with Gasteiger partial charge in [-0.3, -0.25) is 19.4 Å². The SMILES string of the molecule is CC(C)(C)[S@@](=O)NC(CCC1CC1)(c1cccc(C#N)c1)c1ccc(F)c(NC(=O)[C@H]2C[C@@H](O)CN2)c1.CC(C)(C)[S@@](=O)NC(CCC1CC1)(c1cccc(C#N)c1)c1ccc(F)c(NC(=O)[C@H]2C[C@@H](O)CN2C(=O)OCc2ccccc2)c1.O=C(O)[C@H]1C[C@@H](O)CN1C(=O)OCc1ccccc1.O=C=Nc1ccccc1.[HH]. The fourth-order valence-corrected chi connectivity index (χ4v) is 15.0. The van der Waals surface area contributed by atoms with Gasteiger partial charge < -0.3 is 45.9 Å². The van der Waals surface area contributed by atoms with Crippen LogP contribution in [0.3, 0.4) is 0 Å². The van der Waals surface area contributed by atoms with Crippen LogP contribution in [-0.2, 0) is 74.9 Å². The maximum absolute atomic E-state index is 15.5. The number of halogens is 2. The number of nitriles is 2. The van der Waals surface area contributed by atoms with Crippen molar-refractivity contribution in [2.24, 2.45) is 16.8 Å². The first-order valence-corrected chi connectivity index (χ1v) is 39.4. The summed E-state index contributed by atoms with van der Waals surface area (Å²) >= 11 is 0. The summed E-state index contributed by atoms with van der Waals surface area (Å²) in [6.45, 7) is 11.5. The van der Waals surface area contributed by atoms with Gasteiger partial charge in [0.15, 0.2) is 0 Å². The number of carbonyl (C=O) groups is 5. The number of likely N-dealkylation sites (tertiary alicyclic amines) is 2. The molecule has 3 heterocycles. The van der Waals surface area contributed by atoms with Crippen LogP contribution in [0.1, 0.15) is 158 Å². The second-order valence-corrected chi connectivity index (χ2v) is 34.3. The summed E-state index contributed by atoms with van der Waals surface area (Å²) in [4.78, 5) is 77.5. The number of amides is 4. The third kappa shape index (κ3) is 23.9. The van der Waals surface area contributed by atoms with Crippen molar-refractivity contribution in [3.05, 3.63) is 232 Å². The molecule has 112 heavy (non-hydrogen) atoms. The Balaban J connectivity index is 0.000000213. The molecule has 7 aromatic rings. The molecule has 5 fully saturated rings. The minimum absolute atomic E-state index is 0. The predicted molar refractivity (Wildman–Crippen MR) is 422 cm³/mol. The number of anilines is 2. The molecular formula is C84H98F2N10O14S2. The van der Waals surface area contributed by atoms with Gasteiger partial charge >= 0.3 is 18.2 Å². The fourth-order valence-electron chi connectivity index (χ4n) is 13.0. The normalized spacial score (nSPS) is 20.0. The number of nitrogens with one attached hydrogen (secondary N) is 5. The van der Waals surface area contributed by atoms with Crippen LogP contribution in [0.15, 0.2) is 181 Å². The molecule has 3 aliphatic heterocycles. The summed E-state index contributed by atoms with van der Waals surface area (Å²) in [5, 5.41) is 66.1. The van der Waals surface area contributed by atoms with Crippen LogP contribution in [0.2, 0.25) is 0 Å². The maximum Gasteiger partial charge on any atom is 0.410 e. The summed E-state index contributed by atoms with van der Waals surface area (Å²) in [6, 6.07) is 52.0. The number of nitrogens with zero attached hydrogens (tertiary/aromatic N) is 5. The van der Waals surface area contributed by atoms with Gasteiger partial charge in [-0.25, -0.2) is 45.8 Å². The largest absolute Gasteiger partial charge is 0.480 e. The molecule has 2 aliphatic carbocycles. The van der Waals surface area contributed by atoms with Crippen molar-refractivity contribution in [3.8, 4) is 12.1 Å². The topological polar surface area (TPSA) is 363 Å². The number of carboxylic acid groups (broad SMARTS) is 1. The Kier molecular flexibility index (Phi) is 30.1. The quantitative estimate of drug-likeness (QED) is 0.0200. The molecule has 5 aliphatic rings. The number of rotatable bonds is 24. The van der Waals surface area contributed by atoms with Crippen molar-refractivity contribution < 1.29 is 77.3 Å². The van der Waals surface area contributed by atoms with Gasteiger partial charge in [0.05, 0.1) is 120 Å². The highest BCUT2D eigenvalue weighted by Gasteiger charge is 2.45. The van der Waals surface area contributed by atoms with Crippen LogP contribution in [0, 0.1) is 46.1 Å². The molecule has 594 valence electrons. The van der Waals surface area contributed by atoms with Crippen molar-refractivity contribution in [3.63, 3.8) is 0 Å². The lowest BCUT2D eigenvalue weighted by Crippen LogP contribution is -2.49. The van der Waals surface area contributed by atoms with E-state index >= 15 is 4.39 Å². The number of aliphatic imine (C=N–C) groups is 1. The van der Waals surface area contributed by atoms with Crippen molar-refractivity contribution in [2.45, 2.75) is 182 Å².